The van der Waals surface area contributed by atoms with Crippen LogP contribution in [0.1, 0.15) is 48.4 Å². The number of imidazole rings is 1. The number of hydrogen-bond donors (Lipinski definition) is 0. The van der Waals surface area contributed by atoms with Crippen molar-refractivity contribution in [1.29, 1.82) is 0 Å². The monoisotopic (exact) mass is 282 g/mol. The van der Waals surface area contributed by atoms with Gasteiger partial charge >= 0.3 is 5.97 Å². The molecular formula is C17H18N2O2. The lowest BCUT2D eigenvalue weighted by molar-refractivity contribution is -0.0262. The molecule has 2 heterocycles. The number of carbonyl (C=O) groups is 1. The van der Waals surface area contributed by atoms with E-state index in [1.54, 1.807) is 18.6 Å². The van der Waals surface area contributed by atoms with Crippen LogP contribution in [0.3, 0.4) is 0 Å². The van der Waals surface area contributed by atoms with Crippen molar-refractivity contribution in [1.82, 2.24) is 9.55 Å². The van der Waals surface area contributed by atoms with E-state index < -0.39 is 5.60 Å². The van der Waals surface area contributed by atoms with Crippen molar-refractivity contribution < 1.29 is 9.53 Å². The fourth-order valence-electron chi connectivity index (χ4n) is 2.97. The second kappa shape index (κ2) is 4.58. The van der Waals surface area contributed by atoms with Crippen LogP contribution >= 0.6 is 0 Å². The van der Waals surface area contributed by atoms with E-state index >= 15 is 0 Å². The summed E-state index contributed by atoms with van der Waals surface area (Å²) in [6, 6.07) is 7.45. The van der Waals surface area contributed by atoms with Gasteiger partial charge in [0.25, 0.3) is 0 Å². The molecule has 2 aromatic rings. The molecule has 0 aliphatic carbocycles. The summed E-state index contributed by atoms with van der Waals surface area (Å²) in [5, 5.41) is 0. The highest BCUT2D eigenvalue weighted by Crippen LogP contribution is 2.40. The molecule has 1 aliphatic rings. The molecule has 0 saturated heterocycles. The zero-order chi connectivity index (χ0) is 15.2. The molecule has 4 nitrogen and oxygen atoms in total. The first-order chi connectivity index (χ1) is 9.92. The highest BCUT2D eigenvalue weighted by Gasteiger charge is 2.43. The third kappa shape index (κ3) is 2.07. The Morgan fingerprint density at radius 1 is 1.38 bits per heavy atom. The zero-order valence-electron chi connectivity index (χ0n) is 12.5. The van der Waals surface area contributed by atoms with Crippen LogP contribution in [0.2, 0.25) is 0 Å². The molecule has 0 N–H and O–H groups in total. The number of rotatable bonds is 2. The number of nitrogens with zero attached hydrogens (tertiary/aromatic N) is 2. The first kappa shape index (κ1) is 13.6. The second-order valence-corrected chi connectivity index (χ2v) is 5.95. The number of carbonyl (C=O) groups excluding carboxylic acids is 1. The Bertz CT molecular complexity index is 728. The van der Waals surface area contributed by atoms with Crippen molar-refractivity contribution in [3.05, 3.63) is 60.2 Å². The standard InChI is InChI=1S/C17H18N2O2/c1-11(2)14-9-18-10-19(14)15-12-7-5-6-8-13(12)16(20)21-17(15,3)4/h5-10,15H,1H2,2-4H3/t15-/m0/s1. The molecule has 1 atom stereocenters. The van der Waals surface area contributed by atoms with Gasteiger partial charge in [0.2, 0.25) is 0 Å². The maximum absolute atomic E-state index is 12.2. The van der Waals surface area contributed by atoms with Gasteiger partial charge < -0.3 is 9.30 Å². The van der Waals surface area contributed by atoms with E-state index in [1.165, 1.54) is 0 Å². The SMILES string of the molecule is C=C(C)c1cncn1[C@H]1c2ccccc2C(=O)OC1(C)C. The normalized spacial score (nSPS) is 19.8. The van der Waals surface area contributed by atoms with Crippen LogP contribution in [-0.4, -0.2) is 21.1 Å². The maximum atomic E-state index is 12.2. The first-order valence-corrected chi connectivity index (χ1v) is 6.92. The van der Waals surface area contributed by atoms with Crippen molar-refractivity contribution in [2.45, 2.75) is 32.4 Å². The Morgan fingerprint density at radius 2 is 2.10 bits per heavy atom. The molecule has 0 radical (unpaired) electrons. The van der Waals surface area contributed by atoms with Crippen molar-refractivity contribution >= 4 is 11.5 Å². The summed E-state index contributed by atoms with van der Waals surface area (Å²) in [4.78, 5) is 16.4. The van der Waals surface area contributed by atoms with Crippen LogP contribution in [0.4, 0.5) is 0 Å². The van der Waals surface area contributed by atoms with Gasteiger partial charge in [-0.2, -0.15) is 0 Å². The van der Waals surface area contributed by atoms with Gasteiger partial charge in [-0.1, -0.05) is 24.8 Å². The van der Waals surface area contributed by atoms with Gasteiger partial charge in [-0.25, -0.2) is 9.78 Å². The molecule has 0 spiro atoms. The third-order valence-corrected chi connectivity index (χ3v) is 3.87. The molecule has 3 rings (SSSR count). The minimum atomic E-state index is -0.656. The van der Waals surface area contributed by atoms with Gasteiger partial charge in [0.15, 0.2) is 0 Å². The number of esters is 1. The van der Waals surface area contributed by atoms with Crippen molar-refractivity contribution in [2.24, 2.45) is 0 Å². The molecule has 108 valence electrons. The maximum Gasteiger partial charge on any atom is 0.339 e. The lowest BCUT2D eigenvalue weighted by Crippen LogP contribution is -2.43. The second-order valence-electron chi connectivity index (χ2n) is 5.95. The summed E-state index contributed by atoms with van der Waals surface area (Å²) < 4.78 is 7.69. The minimum absolute atomic E-state index is 0.124. The fraction of sp³-hybridized carbons (Fsp3) is 0.294. The molecule has 0 saturated carbocycles. The van der Waals surface area contributed by atoms with Gasteiger partial charge in [0.05, 0.1) is 23.8 Å². The molecule has 1 aromatic heterocycles. The molecule has 0 unspecified atom stereocenters. The number of fused-ring (bicyclic) bond motifs is 1. The van der Waals surface area contributed by atoms with Gasteiger partial charge in [-0.15, -0.1) is 0 Å². The molecule has 0 amide bonds. The van der Waals surface area contributed by atoms with Gasteiger partial charge in [-0.05, 0) is 38.0 Å². The van der Waals surface area contributed by atoms with Crippen molar-refractivity contribution in [3.63, 3.8) is 0 Å². The first-order valence-electron chi connectivity index (χ1n) is 6.92. The van der Waals surface area contributed by atoms with Gasteiger partial charge in [0.1, 0.15) is 11.6 Å². The van der Waals surface area contributed by atoms with E-state index in [0.717, 1.165) is 16.8 Å². The Labute approximate surface area is 124 Å². The highest BCUT2D eigenvalue weighted by molar-refractivity contribution is 5.93. The Kier molecular flexibility index (Phi) is 2.97. The average Bonchev–Trinajstić information content (AvgIpc) is 2.87. The van der Waals surface area contributed by atoms with Crippen molar-refractivity contribution in [2.75, 3.05) is 0 Å². The minimum Gasteiger partial charge on any atom is -0.453 e. The van der Waals surface area contributed by atoms with Gasteiger partial charge in [-0.3, -0.25) is 0 Å². The number of aromatic nitrogens is 2. The van der Waals surface area contributed by atoms with Crippen LogP contribution in [0.15, 0.2) is 43.4 Å². The molecular weight excluding hydrogens is 264 g/mol. The molecule has 0 fully saturated rings. The van der Waals surface area contributed by atoms with Crippen LogP contribution in [0.5, 0.6) is 0 Å². The van der Waals surface area contributed by atoms with Crippen molar-refractivity contribution in [3.8, 4) is 0 Å². The lowest BCUT2D eigenvalue weighted by Gasteiger charge is -2.40. The number of hydrogen-bond acceptors (Lipinski definition) is 3. The topological polar surface area (TPSA) is 44.1 Å². The van der Waals surface area contributed by atoms with E-state index in [2.05, 4.69) is 11.6 Å². The summed E-state index contributed by atoms with van der Waals surface area (Å²) in [6.07, 6.45) is 3.56. The van der Waals surface area contributed by atoms with E-state index in [0.29, 0.717) is 5.56 Å². The van der Waals surface area contributed by atoms with Crippen LogP contribution < -0.4 is 0 Å². The zero-order valence-corrected chi connectivity index (χ0v) is 12.5. The number of benzene rings is 1. The highest BCUT2D eigenvalue weighted by atomic mass is 16.6. The summed E-state index contributed by atoms with van der Waals surface area (Å²) in [6.45, 7) is 9.80. The number of ether oxygens (including phenoxy) is 1. The van der Waals surface area contributed by atoms with Gasteiger partial charge in [0, 0.05) is 0 Å². The predicted molar refractivity (Wildman–Crippen MR) is 81.0 cm³/mol. The summed E-state index contributed by atoms with van der Waals surface area (Å²) >= 11 is 0. The molecule has 1 aromatic carbocycles. The van der Waals surface area contributed by atoms with E-state index in [4.69, 9.17) is 4.74 Å². The summed E-state index contributed by atoms with van der Waals surface area (Å²) in [7, 11) is 0. The molecule has 4 heteroatoms. The molecule has 21 heavy (non-hydrogen) atoms. The largest absolute Gasteiger partial charge is 0.453 e. The Morgan fingerprint density at radius 3 is 2.81 bits per heavy atom. The fourth-order valence-corrected chi connectivity index (χ4v) is 2.97. The van der Waals surface area contributed by atoms with Crippen LogP contribution in [0.25, 0.3) is 5.57 Å². The smallest absolute Gasteiger partial charge is 0.339 e. The predicted octanol–water partition coefficient (Wildman–Crippen LogP) is 3.45. The average molecular weight is 282 g/mol. The third-order valence-electron chi connectivity index (χ3n) is 3.87. The summed E-state index contributed by atoms with van der Waals surface area (Å²) in [5.41, 5.74) is 2.79. The molecule has 1 aliphatic heterocycles. The van der Waals surface area contributed by atoms with E-state index in [9.17, 15) is 4.79 Å². The van der Waals surface area contributed by atoms with Crippen LogP contribution in [-0.2, 0) is 4.74 Å². The van der Waals surface area contributed by atoms with Crippen LogP contribution in [0, 0.1) is 0 Å². The number of cyclic esters (lactones) is 1. The Hall–Kier alpha value is -2.36. The Balaban J connectivity index is 2.24. The lowest BCUT2D eigenvalue weighted by atomic mass is 9.85. The quantitative estimate of drug-likeness (QED) is 0.792. The molecule has 0 bridgehead atoms. The number of allylic oxidation sites excluding steroid dienone is 1. The van der Waals surface area contributed by atoms with E-state index in [-0.39, 0.29) is 12.0 Å². The van der Waals surface area contributed by atoms with E-state index in [1.807, 2.05) is 43.5 Å². The summed E-state index contributed by atoms with van der Waals surface area (Å²) in [5.74, 6) is -0.274.